The molecule has 0 saturated heterocycles. The highest BCUT2D eigenvalue weighted by atomic mass is 35.5. The molecule has 3 nitrogen and oxygen atoms in total. The first-order chi connectivity index (χ1) is 9.70. The van der Waals surface area contributed by atoms with Crippen molar-refractivity contribution < 1.29 is 4.73 Å². The van der Waals surface area contributed by atoms with Gasteiger partial charge >= 0.3 is 5.82 Å². The van der Waals surface area contributed by atoms with Crippen LogP contribution < -0.4 is 4.73 Å². The number of hydrogen-bond donors (Lipinski definition) is 0. The van der Waals surface area contributed by atoms with Crippen molar-refractivity contribution in [1.82, 2.24) is 4.98 Å². The van der Waals surface area contributed by atoms with E-state index < -0.39 is 0 Å². The van der Waals surface area contributed by atoms with Crippen LogP contribution in [-0.4, -0.2) is 4.98 Å². The molecule has 0 aliphatic carbocycles. The molecule has 0 bridgehead atoms. The standard InChI is InChI=1S/C15H10Cl2N2O/c16-9-14-18-13-4-2-1-3-12(13)15(19(14)20)10-5-7-11(17)8-6-10/h1-8H,9H2. The first kappa shape index (κ1) is 13.2. The highest BCUT2D eigenvalue weighted by Crippen LogP contribution is 2.26. The summed E-state index contributed by atoms with van der Waals surface area (Å²) in [7, 11) is 0. The number of benzene rings is 2. The smallest absolute Gasteiger partial charge is 0.317 e. The Morgan fingerprint density at radius 2 is 1.75 bits per heavy atom. The predicted octanol–water partition coefficient (Wildman–Crippen LogP) is 3.93. The van der Waals surface area contributed by atoms with E-state index in [-0.39, 0.29) is 11.7 Å². The van der Waals surface area contributed by atoms with Gasteiger partial charge in [-0.15, -0.1) is 11.6 Å². The van der Waals surface area contributed by atoms with Crippen LogP contribution in [0.1, 0.15) is 5.82 Å². The number of nitrogens with zero attached hydrogens (tertiary/aromatic N) is 2. The third kappa shape index (κ3) is 2.19. The normalized spacial score (nSPS) is 10.9. The Bertz CT molecular complexity index is 773. The Morgan fingerprint density at radius 1 is 1.05 bits per heavy atom. The van der Waals surface area contributed by atoms with E-state index in [0.717, 1.165) is 21.2 Å². The molecule has 0 N–H and O–H groups in total. The van der Waals surface area contributed by atoms with Crippen molar-refractivity contribution in [1.29, 1.82) is 0 Å². The maximum absolute atomic E-state index is 12.4. The van der Waals surface area contributed by atoms with E-state index in [1.807, 2.05) is 36.4 Å². The average molecular weight is 305 g/mol. The average Bonchev–Trinajstić information content (AvgIpc) is 2.48. The van der Waals surface area contributed by atoms with Crippen molar-refractivity contribution in [2.75, 3.05) is 0 Å². The fourth-order valence-corrected chi connectivity index (χ4v) is 2.45. The minimum absolute atomic E-state index is 0.0644. The monoisotopic (exact) mass is 304 g/mol. The highest BCUT2D eigenvalue weighted by molar-refractivity contribution is 6.30. The van der Waals surface area contributed by atoms with Crippen LogP contribution in [0.15, 0.2) is 48.5 Å². The zero-order valence-corrected chi connectivity index (χ0v) is 11.9. The minimum atomic E-state index is 0.0644. The fourth-order valence-electron chi connectivity index (χ4n) is 2.16. The molecule has 1 heterocycles. The van der Waals surface area contributed by atoms with Gasteiger partial charge in [0.05, 0.1) is 5.39 Å². The zero-order valence-electron chi connectivity index (χ0n) is 10.4. The molecular weight excluding hydrogens is 295 g/mol. The summed E-state index contributed by atoms with van der Waals surface area (Å²) >= 11 is 11.7. The van der Waals surface area contributed by atoms with Gasteiger partial charge in [-0.2, -0.15) is 0 Å². The maximum Gasteiger partial charge on any atom is 0.317 e. The number of rotatable bonds is 2. The molecule has 0 spiro atoms. The summed E-state index contributed by atoms with van der Waals surface area (Å²) in [6.07, 6.45) is 0. The lowest BCUT2D eigenvalue weighted by molar-refractivity contribution is -0.603. The van der Waals surface area contributed by atoms with Gasteiger partial charge in [-0.25, -0.2) is 4.73 Å². The van der Waals surface area contributed by atoms with Crippen LogP contribution >= 0.6 is 23.2 Å². The summed E-state index contributed by atoms with van der Waals surface area (Å²) < 4.78 is 0.790. The Kier molecular flexibility index (Phi) is 3.47. The molecule has 2 aromatic carbocycles. The molecule has 0 saturated carbocycles. The molecule has 0 atom stereocenters. The second-order valence-electron chi connectivity index (χ2n) is 4.33. The lowest BCUT2D eigenvalue weighted by Crippen LogP contribution is -2.35. The van der Waals surface area contributed by atoms with E-state index in [0.29, 0.717) is 10.7 Å². The third-order valence-corrected chi connectivity index (χ3v) is 3.57. The second kappa shape index (κ2) is 5.27. The van der Waals surface area contributed by atoms with E-state index in [4.69, 9.17) is 23.2 Å². The molecule has 0 unspecified atom stereocenters. The molecular formula is C15H10Cl2N2O. The number of halogens is 2. The van der Waals surface area contributed by atoms with E-state index in [1.165, 1.54) is 0 Å². The molecule has 0 aliphatic heterocycles. The van der Waals surface area contributed by atoms with Crippen LogP contribution in [0.2, 0.25) is 5.02 Å². The Morgan fingerprint density at radius 3 is 2.45 bits per heavy atom. The Balaban J connectivity index is 2.37. The van der Waals surface area contributed by atoms with E-state index in [9.17, 15) is 5.21 Å². The molecule has 0 amide bonds. The van der Waals surface area contributed by atoms with Crippen LogP contribution in [0, 0.1) is 5.21 Å². The summed E-state index contributed by atoms with van der Waals surface area (Å²) in [6.45, 7) is 0. The summed E-state index contributed by atoms with van der Waals surface area (Å²) in [5.74, 6) is 0.352. The number of alkyl halides is 1. The van der Waals surface area contributed by atoms with Gasteiger partial charge in [-0.3, -0.25) is 0 Å². The zero-order chi connectivity index (χ0) is 14.1. The molecule has 20 heavy (non-hydrogen) atoms. The number of hydrogen-bond acceptors (Lipinski definition) is 2. The van der Waals surface area contributed by atoms with Gasteiger partial charge in [-0.05, 0) is 41.4 Å². The van der Waals surface area contributed by atoms with Crippen molar-refractivity contribution in [2.45, 2.75) is 5.88 Å². The van der Waals surface area contributed by atoms with Gasteiger partial charge in [0.1, 0.15) is 11.6 Å². The van der Waals surface area contributed by atoms with Gasteiger partial charge in [0.25, 0.3) is 0 Å². The molecule has 5 heteroatoms. The van der Waals surface area contributed by atoms with E-state index >= 15 is 0 Å². The second-order valence-corrected chi connectivity index (χ2v) is 5.03. The van der Waals surface area contributed by atoms with E-state index in [1.54, 1.807) is 12.1 Å². The lowest BCUT2D eigenvalue weighted by atomic mass is 10.1. The lowest BCUT2D eigenvalue weighted by Gasteiger charge is -2.13. The first-order valence-electron chi connectivity index (χ1n) is 6.04. The van der Waals surface area contributed by atoms with Gasteiger partial charge < -0.3 is 5.21 Å². The van der Waals surface area contributed by atoms with Crippen LogP contribution in [0.4, 0.5) is 0 Å². The van der Waals surface area contributed by atoms with Gasteiger partial charge in [0, 0.05) is 10.6 Å². The molecule has 0 radical (unpaired) electrons. The summed E-state index contributed by atoms with van der Waals surface area (Å²) in [6, 6.07) is 14.6. The molecule has 0 aliphatic rings. The van der Waals surface area contributed by atoms with Crippen LogP contribution in [-0.2, 0) is 5.88 Å². The SMILES string of the molecule is [O-][n+]1c(CCl)nc2ccccc2c1-c1ccc(Cl)cc1. The number of aromatic nitrogens is 2. The van der Waals surface area contributed by atoms with Crippen molar-refractivity contribution in [2.24, 2.45) is 0 Å². The first-order valence-corrected chi connectivity index (χ1v) is 6.95. The Labute approximate surface area is 126 Å². The molecule has 3 rings (SSSR count). The number of fused-ring (bicyclic) bond motifs is 1. The molecule has 1 aromatic heterocycles. The summed E-state index contributed by atoms with van der Waals surface area (Å²) in [5, 5.41) is 13.9. The highest BCUT2D eigenvalue weighted by Gasteiger charge is 2.18. The van der Waals surface area contributed by atoms with Crippen molar-refractivity contribution >= 4 is 34.1 Å². The molecule has 0 fully saturated rings. The fraction of sp³-hybridized carbons (Fsp3) is 0.0667. The quantitative estimate of drug-likeness (QED) is 0.409. The molecule has 3 aromatic rings. The van der Waals surface area contributed by atoms with Crippen molar-refractivity contribution in [3.8, 4) is 11.3 Å². The molecule has 100 valence electrons. The number of para-hydroxylation sites is 1. The third-order valence-electron chi connectivity index (χ3n) is 3.08. The van der Waals surface area contributed by atoms with Crippen LogP contribution in [0.5, 0.6) is 0 Å². The van der Waals surface area contributed by atoms with Crippen molar-refractivity contribution in [3.63, 3.8) is 0 Å². The largest absolute Gasteiger partial charge is 0.710 e. The van der Waals surface area contributed by atoms with Crippen LogP contribution in [0.3, 0.4) is 0 Å². The Hall–Kier alpha value is -1.84. The summed E-state index contributed by atoms with van der Waals surface area (Å²) in [5.41, 5.74) is 2.08. The topological polar surface area (TPSA) is 39.8 Å². The minimum Gasteiger partial charge on any atom is -0.710 e. The van der Waals surface area contributed by atoms with Gasteiger partial charge in [0.15, 0.2) is 5.52 Å². The van der Waals surface area contributed by atoms with Crippen molar-refractivity contribution in [3.05, 3.63) is 64.6 Å². The van der Waals surface area contributed by atoms with Gasteiger partial charge in [-0.1, -0.05) is 23.7 Å². The predicted molar refractivity (Wildman–Crippen MR) is 80.7 cm³/mol. The van der Waals surface area contributed by atoms with Crippen LogP contribution in [0.25, 0.3) is 22.2 Å². The van der Waals surface area contributed by atoms with E-state index in [2.05, 4.69) is 4.98 Å². The maximum atomic E-state index is 12.4. The summed E-state index contributed by atoms with van der Waals surface area (Å²) in [4.78, 5) is 4.29. The van der Waals surface area contributed by atoms with Gasteiger partial charge in [0.2, 0.25) is 0 Å².